The molecule has 0 aliphatic carbocycles. The first kappa shape index (κ1) is 22.9. The van der Waals surface area contributed by atoms with Crippen LogP contribution in [0.3, 0.4) is 0 Å². The molecule has 2 aromatic rings. The van der Waals surface area contributed by atoms with Crippen LogP contribution in [0.15, 0.2) is 59.6 Å². The molecule has 0 unspecified atom stereocenters. The summed E-state index contributed by atoms with van der Waals surface area (Å²) >= 11 is 0. The molecule has 2 amide bonds. The third kappa shape index (κ3) is 7.16. The number of benzene rings is 2. The number of aliphatic imine (C=N–C) groups is 1. The number of imide groups is 1. The van der Waals surface area contributed by atoms with Crippen LogP contribution in [0.4, 0.5) is 5.69 Å². The fraction of sp³-hybridized carbons (Fsp3) is 0.318. The van der Waals surface area contributed by atoms with E-state index < -0.39 is 0 Å². The van der Waals surface area contributed by atoms with Gasteiger partial charge in [0.2, 0.25) is 11.8 Å². The Morgan fingerprint density at radius 1 is 1.00 bits per heavy atom. The number of carbonyl (C=O) groups excluding carboxylic acids is 2. The van der Waals surface area contributed by atoms with Gasteiger partial charge < -0.3 is 10.6 Å². The van der Waals surface area contributed by atoms with Crippen molar-refractivity contribution in [1.82, 2.24) is 10.2 Å². The highest BCUT2D eigenvalue weighted by Crippen LogP contribution is 2.11. The van der Waals surface area contributed by atoms with E-state index >= 15 is 0 Å². The van der Waals surface area contributed by atoms with Gasteiger partial charge in [0.1, 0.15) is 0 Å². The second kappa shape index (κ2) is 11.5. The number of halogens is 1. The molecule has 1 fully saturated rings. The molecule has 2 N–H and O–H groups in total. The highest BCUT2D eigenvalue weighted by atomic mass is 127. The molecular weight excluding hydrogens is 479 g/mol. The number of para-hydroxylation sites is 1. The number of nitrogens with one attached hydrogen (secondary N) is 2. The van der Waals surface area contributed by atoms with Gasteiger partial charge >= 0.3 is 0 Å². The summed E-state index contributed by atoms with van der Waals surface area (Å²) in [6.45, 7) is 3.38. The first-order chi connectivity index (χ1) is 13.6. The lowest BCUT2D eigenvalue weighted by Crippen LogP contribution is -2.45. The van der Waals surface area contributed by atoms with Crippen LogP contribution >= 0.6 is 24.0 Å². The molecule has 2 aromatic carbocycles. The number of hydrogen-bond donors (Lipinski definition) is 2. The topological polar surface area (TPSA) is 73.8 Å². The molecule has 0 atom stereocenters. The minimum absolute atomic E-state index is 0. The number of rotatable bonds is 6. The SMILES string of the molecule is Cc1ccc(CN=C(NCCN2C(=O)CCCC2=O)Nc2ccccc2)cc1.I. The van der Waals surface area contributed by atoms with E-state index in [1.165, 1.54) is 10.5 Å². The lowest BCUT2D eigenvalue weighted by molar-refractivity contribution is -0.147. The molecule has 29 heavy (non-hydrogen) atoms. The highest BCUT2D eigenvalue weighted by molar-refractivity contribution is 14.0. The molecule has 0 spiro atoms. The van der Waals surface area contributed by atoms with Crippen molar-refractivity contribution < 1.29 is 9.59 Å². The Labute approximate surface area is 188 Å². The maximum absolute atomic E-state index is 11.9. The summed E-state index contributed by atoms with van der Waals surface area (Å²) in [5.74, 6) is 0.433. The molecule has 1 aliphatic rings. The first-order valence-electron chi connectivity index (χ1n) is 9.61. The van der Waals surface area contributed by atoms with Gasteiger partial charge in [0.25, 0.3) is 0 Å². The number of aryl methyl sites for hydroxylation is 1. The molecular formula is C22H27IN4O2. The highest BCUT2D eigenvalue weighted by Gasteiger charge is 2.25. The van der Waals surface area contributed by atoms with E-state index in [2.05, 4.69) is 46.8 Å². The summed E-state index contributed by atoms with van der Waals surface area (Å²) in [7, 11) is 0. The van der Waals surface area contributed by atoms with Crippen molar-refractivity contribution >= 4 is 47.4 Å². The fourth-order valence-electron chi connectivity index (χ4n) is 3.00. The summed E-state index contributed by atoms with van der Waals surface area (Å²) in [5, 5.41) is 6.50. The third-order valence-corrected chi connectivity index (χ3v) is 4.59. The predicted molar refractivity (Wildman–Crippen MR) is 126 cm³/mol. The Bertz CT molecular complexity index is 822. The van der Waals surface area contributed by atoms with Crippen molar-refractivity contribution in [3.05, 3.63) is 65.7 Å². The second-order valence-corrected chi connectivity index (χ2v) is 6.86. The zero-order chi connectivity index (χ0) is 19.8. The van der Waals surface area contributed by atoms with Gasteiger partial charge in [0, 0.05) is 31.6 Å². The van der Waals surface area contributed by atoms with Crippen LogP contribution in [-0.2, 0) is 16.1 Å². The Hall–Kier alpha value is -2.42. The molecule has 1 heterocycles. The maximum atomic E-state index is 11.9. The van der Waals surface area contributed by atoms with Crippen LogP contribution in [0.2, 0.25) is 0 Å². The van der Waals surface area contributed by atoms with Crippen LogP contribution in [0.1, 0.15) is 30.4 Å². The Balaban J connectivity index is 0.00000300. The molecule has 154 valence electrons. The van der Waals surface area contributed by atoms with Crippen LogP contribution in [0, 0.1) is 6.92 Å². The number of anilines is 1. The van der Waals surface area contributed by atoms with Crippen molar-refractivity contribution in [3.63, 3.8) is 0 Å². The van der Waals surface area contributed by atoms with Crippen molar-refractivity contribution in [3.8, 4) is 0 Å². The molecule has 0 aromatic heterocycles. The monoisotopic (exact) mass is 506 g/mol. The number of amides is 2. The van der Waals surface area contributed by atoms with Gasteiger partial charge in [-0.3, -0.25) is 14.5 Å². The van der Waals surface area contributed by atoms with Crippen molar-refractivity contribution in [1.29, 1.82) is 0 Å². The zero-order valence-corrected chi connectivity index (χ0v) is 18.9. The van der Waals surface area contributed by atoms with Gasteiger partial charge in [-0.25, -0.2) is 4.99 Å². The van der Waals surface area contributed by atoms with Crippen molar-refractivity contribution in [2.45, 2.75) is 32.7 Å². The molecule has 6 nitrogen and oxygen atoms in total. The van der Waals surface area contributed by atoms with Gasteiger partial charge in [-0.05, 0) is 31.0 Å². The van der Waals surface area contributed by atoms with Gasteiger partial charge in [0.15, 0.2) is 5.96 Å². The molecule has 1 aliphatic heterocycles. The van der Waals surface area contributed by atoms with E-state index in [0.29, 0.717) is 44.9 Å². The lowest BCUT2D eigenvalue weighted by Gasteiger charge is -2.25. The zero-order valence-electron chi connectivity index (χ0n) is 16.6. The Morgan fingerprint density at radius 3 is 2.31 bits per heavy atom. The number of hydrogen-bond acceptors (Lipinski definition) is 3. The molecule has 3 rings (SSSR count). The molecule has 0 bridgehead atoms. The van der Waals surface area contributed by atoms with Gasteiger partial charge in [0.05, 0.1) is 6.54 Å². The average Bonchev–Trinajstić information content (AvgIpc) is 2.70. The third-order valence-electron chi connectivity index (χ3n) is 4.59. The first-order valence-corrected chi connectivity index (χ1v) is 9.61. The number of likely N-dealkylation sites (tertiary alicyclic amines) is 1. The van der Waals surface area contributed by atoms with Gasteiger partial charge in [-0.1, -0.05) is 48.0 Å². The maximum Gasteiger partial charge on any atom is 0.229 e. The normalized spacial score (nSPS) is 14.4. The van der Waals surface area contributed by atoms with Crippen LogP contribution in [0.5, 0.6) is 0 Å². The minimum Gasteiger partial charge on any atom is -0.354 e. The predicted octanol–water partition coefficient (Wildman–Crippen LogP) is 3.71. The smallest absolute Gasteiger partial charge is 0.229 e. The van der Waals surface area contributed by atoms with E-state index in [1.807, 2.05) is 30.3 Å². The quantitative estimate of drug-likeness (QED) is 0.271. The largest absolute Gasteiger partial charge is 0.354 e. The number of nitrogens with zero attached hydrogens (tertiary/aromatic N) is 2. The number of guanidine groups is 1. The standard InChI is InChI=1S/C22H26N4O2.HI/c1-17-10-12-18(13-11-17)16-24-22(25-19-6-3-2-4-7-19)23-14-15-26-20(27)8-5-9-21(26)28;/h2-4,6-7,10-13H,5,8-9,14-16H2,1H3,(H2,23,24,25);1H. The Morgan fingerprint density at radius 2 is 1.66 bits per heavy atom. The van der Waals surface area contributed by atoms with Gasteiger partial charge in [-0.2, -0.15) is 0 Å². The molecule has 0 saturated carbocycles. The van der Waals surface area contributed by atoms with E-state index in [1.54, 1.807) is 0 Å². The average molecular weight is 506 g/mol. The van der Waals surface area contributed by atoms with Crippen LogP contribution < -0.4 is 10.6 Å². The lowest BCUT2D eigenvalue weighted by atomic mass is 10.1. The van der Waals surface area contributed by atoms with E-state index in [9.17, 15) is 9.59 Å². The van der Waals surface area contributed by atoms with Crippen molar-refractivity contribution in [2.24, 2.45) is 4.99 Å². The summed E-state index contributed by atoms with van der Waals surface area (Å²) in [6, 6.07) is 18.0. The van der Waals surface area contributed by atoms with E-state index in [-0.39, 0.29) is 35.8 Å². The number of carbonyl (C=O) groups is 2. The molecule has 0 radical (unpaired) electrons. The van der Waals surface area contributed by atoms with Crippen molar-refractivity contribution in [2.75, 3.05) is 18.4 Å². The second-order valence-electron chi connectivity index (χ2n) is 6.86. The molecule has 7 heteroatoms. The Kier molecular flexibility index (Phi) is 9.11. The van der Waals surface area contributed by atoms with E-state index in [0.717, 1.165) is 11.3 Å². The summed E-state index contributed by atoms with van der Waals surface area (Å²) in [5.41, 5.74) is 3.24. The minimum atomic E-state index is -0.0905. The summed E-state index contributed by atoms with van der Waals surface area (Å²) < 4.78 is 0. The summed E-state index contributed by atoms with van der Waals surface area (Å²) in [4.78, 5) is 29.9. The number of piperidine rings is 1. The van der Waals surface area contributed by atoms with E-state index in [4.69, 9.17) is 0 Å². The fourth-order valence-corrected chi connectivity index (χ4v) is 3.00. The molecule has 1 saturated heterocycles. The van der Waals surface area contributed by atoms with Crippen LogP contribution in [-0.4, -0.2) is 35.8 Å². The van der Waals surface area contributed by atoms with Gasteiger partial charge in [-0.15, -0.1) is 24.0 Å². The van der Waals surface area contributed by atoms with Crippen LogP contribution in [0.25, 0.3) is 0 Å². The summed E-state index contributed by atoms with van der Waals surface area (Å²) in [6.07, 6.45) is 1.55.